The van der Waals surface area contributed by atoms with E-state index in [0.29, 0.717) is 6.04 Å². The van der Waals surface area contributed by atoms with Gasteiger partial charge in [0.15, 0.2) is 0 Å². The molecule has 2 heteroatoms. The number of hydrogen-bond acceptors (Lipinski definition) is 1. The number of carbonyl (C=O) groups is 1. The zero-order valence-corrected chi connectivity index (χ0v) is 5.35. The van der Waals surface area contributed by atoms with Gasteiger partial charge >= 0.3 is 0 Å². The Morgan fingerprint density at radius 1 is 1.89 bits per heavy atom. The van der Waals surface area contributed by atoms with Crippen molar-refractivity contribution in [3.05, 3.63) is 12.2 Å². The second-order valence-electron chi connectivity index (χ2n) is 2.70. The van der Waals surface area contributed by atoms with Gasteiger partial charge in [-0.05, 0) is 6.42 Å². The molecule has 48 valence electrons. The van der Waals surface area contributed by atoms with Crippen molar-refractivity contribution in [2.24, 2.45) is 5.41 Å². The van der Waals surface area contributed by atoms with Crippen molar-refractivity contribution >= 4 is 5.91 Å². The highest BCUT2D eigenvalue weighted by molar-refractivity contribution is 5.95. The predicted octanol–water partition coefficient (Wildman–Crippen LogP) is 0.451. The van der Waals surface area contributed by atoms with Crippen LogP contribution in [-0.4, -0.2) is 11.9 Å². The maximum Gasteiger partial charge on any atom is 0.232 e. The Hall–Kier alpha value is -0.790. The van der Waals surface area contributed by atoms with Gasteiger partial charge in [-0.3, -0.25) is 4.79 Å². The van der Waals surface area contributed by atoms with Gasteiger partial charge in [0.1, 0.15) is 0 Å². The summed E-state index contributed by atoms with van der Waals surface area (Å²) in [4.78, 5) is 10.9. The molecule has 1 aliphatic heterocycles. The van der Waals surface area contributed by atoms with Crippen molar-refractivity contribution < 1.29 is 4.79 Å². The Balaban J connectivity index is 2.30. The van der Waals surface area contributed by atoms with Crippen LogP contribution in [0.4, 0.5) is 0 Å². The van der Waals surface area contributed by atoms with Crippen LogP contribution >= 0.6 is 0 Å². The predicted molar refractivity (Wildman–Crippen MR) is 33.8 cm³/mol. The van der Waals surface area contributed by atoms with Crippen molar-refractivity contribution in [2.45, 2.75) is 19.4 Å². The molecule has 9 heavy (non-hydrogen) atoms. The van der Waals surface area contributed by atoms with Gasteiger partial charge in [-0.1, -0.05) is 19.1 Å². The maximum atomic E-state index is 10.9. The van der Waals surface area contributed by atoms with Crippen LogP contribution in [-0.2, 0) is 4.79 Å². The van der Waals surface area contributed by atoms with E-state index in [-0.39, 0.29) is 11.3 Å². The summed E-state index contributed by atoms with van der Waals surface area (Å²) in [5.74, 6) is 0.206. The molecule has 0 radical (unpaired) electrons. The molecule has 0 saturated carbocycles. The van der Waals surface area contributed by atoms with Crippen molar-refractivity contribution in [3.8, 4) is 0 Å². The minimum atomic E-state index is -0.0694. The van der Waals surface area contributed by atoms with Gasteiger partial charge < -0.3 is 5.32 Å². The molecule has 2 atom stereocenters. The number of hydrogen-bond donors (Lipinski definition) is 1. The van der Waals surface area contributed by atoms with E-state index in [2.05, 4.69) is 12.2 Å². The largest absolute Gasteiger partial charge is 0.348 e. The van der Waals surface area contributed by atoms with Crippen LogP contribution in [0.3, 0.4) is 0 Å². The Kier molecular flexibility index (Phi) is 0.672. The smallest absolute Gasteiger partial charge is 0.232 e. The minimum absolute atomic E-state index is 0.0694. The molecule has 2 unspecified atom stereocenters. The van der Waals surface area contributed by atoms with Crippen molar-refractivity contribution in [3.63, 3.8) is 0 Å². The van der Waals surface area contributed by atoms with Gasteiger partial charge in [0.25, 0.3) is 0 Å². The summed E-state index contributed by atoms with van der Waals surface area (Å²) in [5, 5.41) is 2.81. The SMILES string of the molecule is CCC12C=CC1NC2=O. The highest BCUT2D eigenvalue weighted by atomic mass is 16.2. The fraction of sp³-hybridized carbons (Fsp3) is 0.571. The minimum Gasteiger partial charge on any atom is -0.348 e. The van der Waals surface area contributed by atoms with Crippen LogP contribution in [0.15, 0.2) is 12.2 Å². The molecule has 2 nitrogen and oxygen atoms in total. The summed E-state index contributed by atoms with van der Waals surface area (Å²) in [6, 6.07) is 0.370. The van der Waals surface area contributed by atoms with Gasteiger partial charge in [0.2, 0.25) is 5.91 Å². The number of nitrogens with one attached hydrogen (secondary N) is 1. The number of amides is 1. The molecule has 0 aromatic carbocycles. The summed E-state index contributed by atoms with van der Waals surface area (Å²) in [7, 11) is 0. The second kappa shape index (κ2) is 1.20. The summed E-state index contributed by atoms with van der Waals surface area (Å²) in [6.07, 6.45) is 5.00. The molecule has 2 aliphatic rings. The Morgan fingerprint density at radius 2 is 2.67 bits per heavy atom. The number of β-lactam (4-membered cyclic amide) rings is 1. The summed E-state index contributed by atoms with van der Waals surface area (Å²) < 4.78 is 0. The van der Waals surface area contributed by atoms with E-state index in [9.17, 15) is 4.79 Å². The van der Waals surface area contributed by atoms with Crippen molar-refractivity contribution in [1.82, 2.24) is 5.32 Å². The van der Waals surface area contributed by atoms with Crippen LogP contribution in [0, 0.1) is 5.41 Å². The molecule has 0 aromatic heterocycles. The molecule has 0 bridgehead atoms. The van der Waals surface area contributed by atoms with Gasteiger partial charge in [-0.15, -0.1) is 0 Å². The lowest BCUT2D eigenvalue weighted by atomic mass is 9.63. The van der Waals surface area contributed by atoms with Crippen LogP contribution < -0.4 is 5.32 Å². The molecule has 0 spiro atoms. The van der Waals surface area contributed by atoms with Crippen LogP contribution in [0.1, 0.15) is 13.3 Å². The topological polar surface area (TPSA) is 29.1 Å². The van der Waals surface area contributed by atoms with E-state index in [1.165, 1.54) is 0 Å². The molecule has 1 aliphatic carbocycles. The first-order valence-electron chi connectivity index (χ1n) is 3.30. The molecular weight excluding hydrogens is 114 g/mol. The average molecular weight is 123 g/mol. The van der Waals surface area contributed by atoms with E-state index in [4.69, 9.17) is 0 Å². The molecule has 1 N–H and O–H groups in total. The molecule has 2 rings (SSSR count). The third kappa shape index (κ3) is 0.334. The van der Waals surface area contributed by atoms with Gasteiger partial charge in [-0.2, -0.15) is 0 Å². The van der Waals surface area contributed by atoms with Crippen molar-refractivity contribution in [1.29, 1.82) is 0 Å². The first kappa shape index (κ1) is 5.03. The van der Waals surface area contributed by atoms with Gasteiger partial charge in [-0.25, -0.2) is 0 Å². The number of rotatable bonds is 1. The molecule has 1 fully saturated rings. The lowest BCUT2D eigenvalue weighted by molar-refractivity contribution is -0.141. The van der Waals surface area contributed by atoms with Crippen molar-refractivity contribution in [2.75, 3.05) is 0 Å². The molecule has 1 amide bonds. The quantitative estimate of drug-likeness (QED) is 0.398. The van der Waals surface area contributed by atoms with Crippen LogP contribution in [0.25, 0.3) is 0 Å². The van der Waals surface area contributed by atoms with Crippen LogP contribution in [0.5, 0.6) is 0 Å². The average Bonchev–Trinajstić information content (AvgIpc) is 1.84. The third-order valence-corrected chi connectivity index (χ3v) is 2.44. The van der Waals surface area contributed by atoms with Gasteiger partial charge in [0, 0.05) is 0 Å². The monoisotopic (exact) mass is 123 g/mol. The number of fused-ring (bicyclic) bond motifs is 1. The van der Waals surface area contributed by atoms with Crippen LogP contribution in [0.2, 0.25) is 0 Å². The highest BCUT2D eigenvalue weighted by Gasteiger charge is 2.55. The lowest BCUT2D eigenvalue weighted by Gasteiger charge is -2.51. The fourth-order valence-corrected chi connectivity index (χ4v) is 1.51. The maximum absolute atomic E-state index is 10.9. The summed E-state index contributed by atoms with van der Waals surface area (Å²) >= 11 is 0. The first-order chi connectivity index (χ1) is 4.29. The summed E-state index contributed by atoms with van der Waals surface area (Å²) in [6.45, 7) is 2.05. The van der Waals surface area contributed by atoms with E-state index >= 15 is 0 Å². The van der Waals surface area contributed by atoms with E-state index in [0.717, 1.165) is 6.42 Å². The highest BCUT2D eigenvalue weighted by Crippen LogP contribution is 2.43. The molecule has 0 aromatic rings. The Labute approximate surface area is 53.9 Å². The summed E-state index contributed by atoms with van der Waals surface area (Å²) in [5.41, 5.74) is -0.0694. The third-order valence-electron chi connectivity index (χ3n) is 2.44. The molecule has 1 heterocycles. The zero-order valence-electron chi connectivity index (χ0n) is 5.35. The molecular formula is C7H9NO. The fourth-order valence-electron chi connectivity index (χ4n) is 1.51. The molecule has 1 saturated heterocycles. The lowest BCUT2D eigenvalue weighted by Crippen LogP contribution is -2.69. The number of carbonyl (C=O) groups excluding carboxylic acids is 1. The Morgan fingerprint density at radius 3 is 2.78 bits per heavy atom. The van der Waals surface area contributed by atoms with E-state index < -0.39 is 0 Å². The standard InChI is InChI=1S/C7H9NO/c1-2-7-4-3-5(7)8-6(7)9/h3-5H,2H2,1H3,(H,8,9). The van der Waals surface area contributed by atoms with Gasteiger partial charge in [0.05, 0.1) is 11.5 Å². The van der Waals surface area contributed by atoms with E-state index in [1.54, 1.807) is 0 Å². The Bertz CT molecular complexity index is 197. The van der Waals surface area contributed by atoms with E-state index in [1.807, 2.05) is 12.2 Å². The first-order valence-corrected chi connectivity index (χ1v) is 3.30. The normalized spacial score (nSPS) is 44.6. The zero-order chi connectivity index (χ0) is 6.48. The second-order valence-corrected chi connectivity index (χ2v) is 2.70.